The van der Waals surface area contributed by atoms with Gasteiger partial charge in [0.1, 0.15) is 0 Å². The fourth-order valence-electron chi connectivity index (χ4n) is 1.92. The predicted molar refractivity (Wildman–Crippen MR) is 77.3 cm³/mol. The summed E-state index contributed by atoms with van der Waals surface area (Å²) < 4.78 is 0. The first-order valence-electron chi connectivity index (χ1n) is 6.19. The van der Waals surface area contributed by atoms with Crippen LogP contribution in [0, 0.1) is 13.8 Å². The molecule has 0 aliphatic rings. The molecule has 0 bridgehead atoms. The van der Waals surface area contributed by atoms with Gasteiger partial charge >= 0.3 is 5.97 Å². The van der Waals surface area contributed by atoms with E-state index in [9.17, 15) is 9.59 Å². The van der Waals surface area contributed by atoms with Crippen molar-refractivity contribution < 1.29 is 14.7 Å². The van der Waals surface area contributed by atoms with Crippen LogP contribution in [0.3, 0.4) is 0 Å². The van der Waals surface area contributed by atoms with Crippen molar-refractivity contribution in [1.29, 1.82) is 0 Å². The van der Waals surface area contributed by atoms with E-state index in [0.717, 1.165) is 11.1 Å². The molecule has 4 heteroatoms. The van der Waals surface area contributed by atoms with Crippen molar-refractivity contribution in [3.8, 4) is 0 Å². The Hall–Kier alpha value is -2.62. The summed E-state index contributed by atoms with van der Waals surface area (Å²) in [5, 5.41) is 11.8. The van der Waals surface area contributed by atoms with Gasteiger partial charge < -0.3 is 10.4 Å². The van der Waals surface area contributed by atoms with Gasteiger partial charge in [0.05, 0.1) is 11.3 Å². The van der Waals surface area contributed by atoms with E-state index in [1.807, 2.05) is 13.0 Å². The van der Waals surface area contributed by atoms with Crippen molar-refractivity contribution >= 4 is 17.6 Å². The smallest absolute Gasteiger partial charge is 0.337 e. The lowest BCUT2D eigenvalue weighted by Crippen LogP contribution is -2.15. The van der Waals surface area contributed by atoms with Crippen molar-refractivity contribution in [2.45, 2.75) is 13.8 Å². The van der Waals surface area contributed by atoms with Gasteiger partial charge in [-0.1, -0.05) is 29.3 Å². The first kappa shape index (κ1) is 13.8. The Labute approximate surface area is 117 Å². The molecule has 2 rings (SSSR count). The molecule has 0 fully saturated rings. The number of nitrogens with one attached hydrogen (secondary N) is 1. The highest BCUT2D eigenvalue weighted by molar-refractivity contribution is 6.07. The largest absolute Gasteiger partial charge is 0.478 e. The number of carboxylic acid groups (broad SMARTS) is 1. The molecule has 0 saturated heterocycles. The number of aromatic carboxylic acids is 1. The van der Waals surface area contributed by atoms with Crippen LogP contribution in [-0.4, -0.2) is 17.0 Å². The Bertz CT molecular complexity index is 677. The van der Waals surface area contributed by atoms with Crippen LogP contribution in [0.2, 0.25) is 0 Å². The van der Waals surface area contributed by atoms with Gasteiger partial charge in [-0.3, -0.25) is 4.79 Å². The van der Waals surface area contributed by atoms with Crippen LogP contribution in [0.1, 0.15) is 31.8 Å². The Morgan fingerprint density at radius 2 is 1.70 bits per heavy atom. The Kier molecular flexibility index (Phi) is 3.84. The van der Waals surface area contributed by atoms with Crippen molar-refractivity contribution in [3.05, 3.63) is 64.7 Å². The maximum absolute atomic E-state index is 12.1. The second-order valence-corrected chi connectivity index (χ2v) is 4.68. The van der Waals surface area contributed by atoms with Crippen LogP contribution in [0.15, 0.2) is 42.5 Å². The number of benzene rings is 2. The third-order valence-electron chi connectivity index (χ3n) is 2.93. The monoisotopic (exact) mass is 269 g/mol. The standard InChI is InChI=1S/C16H15NO3/c1-10-4-3-5-12(8-10)15(18)17-14-7-6-11(2)9-13(14)16(19)20/h3-9H,1-2H3,(H,17,18)(H,19,20). The summed E-state index contributed by atoms with van der Waals surface area (Å²) in [6.45, 7) is 3.70. The van der Waals surface area contributed by atoms with Gasteiger partial charge in [-0.25, -0.2) is 4.79 Å². The Morgan fingerprint density at radius 3 is 2.35 bits per heavy atom. The normalized spacial score (nSPS) is 10.1. The topological polar surface area (TPSA) is 66.4 Å². The molecule has 0 radical (unpaired) electrons. The van der Waals surface area contributed by atoms with Crippen molar-refractivity contribution in [2.24, 2.45) is 0 Å². The number of anilines is 1. The highest BCUT2D eigenvalue weighted by Gasteiger charge is 2.13. The first-order chi connectivity index (χ1) is 9.47. The molecule has 0 aliphatic heterocycles. The van der Waals surface area contributed by atoms with Crippen LogP contribution in [0.4, 0.5) is 5.69 Å². The third-order valence-corrected chi connectivity index (χ3v) is 2.93. The highest BCUT2D eigenvalue weighted by atomic mass is 16.4. The lowest BCUT2D eigenvalue weighted by molar-refractivity contribution is 0.0698. The number of amides is 1. The molecule has 0 heterocycles. The molecule has 2 N–H and O–H groups in total. The van der Waals surface area contributed by atoms with E-state index in [4.69, 9.17) is 5.11 Å². The number of carbonyl (C=O) groups is 2. The molecular weight excluding hydrogens is 254 g/mol. The lowest BCUT2D eigenvalue weighted by Gasteiger charge is -2.09. The average Bonchev–Trinajstić information content (AvgIpc) is 2.40. The molecule has 4 nitrogen and oxygen atoms in total. The minimum Gasteiger partial charge on any atom is -0.478 e. The first-order valence-corrected chi connectivity index (χ1v) is 6.19. The van der Waals surface area contributed by atoms with E-state index >= 15 is 0 Å². The van der Waals surface area contributed by atoms with E-state index in [0.29, 0.717) is 11.3 Å². The lowest BCUT2D eigenvalue weighted by atomic mass is 10.1. The fourth-order valence-corrected chi connectivity index (χ4v) is 1.92. The molecule has 2 aromatic carbocycles. The molecule has 20 heavy (non-hydrogen) atoms. The number of rotatable bonds is 3. The Morgan fingerprint density at radius 1 is 1.00 bits per heavy atom. The van der Waals surface area contributed by atoms with Gasteiger partial charge in [-0.2, -0.15) is 0 Å². The average molecular weight is 269 g/mol. The number of hydrogen-bond donors (Lipinski definition) is 2. The molecule has 1 amide bonds. The second-order valence-electron chi connectivity index (χ2n) is 4.68. The summed E-state index contributed by atoms with van der Waals surface area (Å²) in [7, 11) is 0. The summed E-state index contributed by atoms with van der Waals surface area (Å²) >= 11 is 0. The molecular formula is C16H15NO3. The van der Waals surface area contributed by atoms with Crippen LogP contribution < -0.4 is 5.32 Å². The van der Waals surface area contributed by atoms with Gasteiger partial charge in [0.15, 0.2) is 0 Å². The van der Waals surface area contributed by atoms with Crippen LogP contribution in [0.25, 0.3) is 0 Å². The number of hydrogen-bond acceptors (Lipinski definition) is 2. The van der Waals surface area contributed by atoms with E-state index in [-0.39, 0.29) is 11.5 Å². The summed E-state index contributed by atoms with van der Waals surface area (Å²) in [4.78, 5) is 23.3. The highest BCUT2D eigenvalue weighted by Crippen LogP contribution is 2.18. The summed E-state index contributed by atoms with van der Waals surface area (Å²) in [5.41, 5.74) is 2.69. The van der Waals surface area contributed by atoms with E-state index < -0.39 is 5.97 Å². The van der Waals surface area contributed by atoms with Crippen LogP contribution in [0.5, 0.6) is 0 Å². The molecule has 0 spiro atoms. The third kappa shape index (κ3) is 3.03. The number of carboxylic acids is 1. The van der Waals surface area contributed by atoms with E-state index in [2.05, 4.69) is 5.32 Å². The predicted octanol–water partition coefficient (Wildman–Crippen LogP) is 3.25. The van der Waals surface area contributed by atoms with E-state index in [1.165, 1.54) is 6.07 Å². The number of aryl methyl sites for hydroxylation is 2. The van der Waals surface area contributed by atoms with Gasteiger partial charge in [0.25, 0.3) is 5.91 Å². The minimum atomic E-state index is -1.06. The molecule has 0 aliphatic carbocycles. The maximum atomic E-state index is 12.1. The Balaban J connectivity index is 2.30. The maximum Gasteiger partial charge on any atom is 0.337 e. The zero-order chi connectivity index (χ0) is 14.7. The molecule has 0 atom stereocenters. The van der Waals surface area contributed by atoms with Gasteiger partial charge in [0, 0.05) is 5.56 Å². The van der Waals surface area contributed by atoms with Crippen molar-refractivity contribution in [3.63, 3.8) is 0 Å². The molecule has 0 aromatic heterocycles. The number of carbonyl (C=O) groups excluding carboxylic acids is 1. The van der Waals surface area contributed by atoms with Crippen molar-refractivity contribution in [2.75, 3.05) is 5.32 Å². The zero-order valence-corrected chi connectivity index (χ0v) is 11.3. The van der Waals surface area contributed by atoms with Crippen LogP contribution in [-0.2, 0) is 0 Å². The molecule has 0 unspecified atom stereocenters. The molecule has 0 saturated carbocycles. The molecule has 102 valence electrons. The van der Waals surface area contributed by atoms with Gasteiger partial charge in [-0.15, -0.1) is 0 Å². The minimum absolute atomic E-state index is 0.0889. The summed E-state index contributed by atoms with van der Waals surface area (Å²) in [6, 6.07) is 12.0. The van der Waals surface area contributed by atoms with E-state index in [1.54, 1.807) is 37.3 Å². The quantitative estimate of drug-likeness (QED) is 0.898. The van der Waals surface area contributed by atoms with Crippen molar-refractivity contribution in [1.82, 2.24) is 0 Å². The van der Waals surface area contributed by atoms with Gasteiger partial charge in [-0.05, 0) is 38.1 Å². The fraction of sp³-hybridized carbons (Fsp3) is 0.125. The summed E-state index contributed by atoms with van der Waals surface area (Å²) in [6.07, 6.45) is 0. The molecule has 2 aromatic rings. The van der Waals surface area contributed by atoms with Gasteiger partial charge in [0.2, 0.25) is 0 Å². The van der Waals surface area contributed by atoms with Crippen LogP contribution >= 0.6 is 0 Å². The SMILES string of the molecule is Cc1cccc(C(=O)Nc2ccc(C)cc2C(=O)O)c1. The zero-order valence-electron chi connectivity index (χ0n) is 11.3. The second kappa shape index (κ2) is 5.57. The summed E-state index contributed by atoms with van der Waals surface area (Å²) in [5.74, 6) is -1.38.